The predicted molar refractivity (Wildman–Crippen MR) is 69.2 cm³/mol. The van der Waals surface area contributed by atoms with Crippen molar-refractivity contribution in [3.05, 3.63) is 29.8 Å². The lowest BCUT2D eigenvalue weighted by Gasteiger charge is -2.31. The highest BCUT2D eigenvalue weighted by Crippen LogP contribution is 2.28. The molecule has 0 amide bonds. The average molecular weight is 254 g/mol. The van der Waals surface area contributed by atoms with Gasteiger partial charge in [0.05, 0.1) is 6.26 Å². The minimum absolute atomic E-state index is 0.266. The van der Waals surface area contributed by atoms with E-state index in [1.165, 1.54) is 6.26 Å². The van der Waals surface area contributed by atoms with E-state index in [-0.39, 0.29) is 5.92 Å². The molecular weight excluding hydrogens is 236 g/mol. The molecule has 1 heterocycles. The molecule has 0 saturated carbocycles. The van der Waals surface area contributed by atoms with E-state index in [4.69, 9.17) is 5.73 Å². The Kier molecular flexibility index (Phi) is 3.40. The van der Waals surface area contributed by atoms with Gasteiger partial charge in [0.15, 0.2) is 0 Å². The van der Waals surface area contributed by atoms with Gasteiger partial charge in [-0.25, -0.2) is 12.7 Å². The Balaban J connectivity index is 2.18. The lowest BCUT2D eigenvalue weighted by molar-refractivity contribution is 0.317. The van der Waals surface area contributed by atoms with Crippen LogP contribution in [0, 0.1) is 0 Å². The molecule has 0 bridgehead atoms. The largest absolute Gasteiger partial charge is 0.399 e. The number of piperidine rings is 1. The summed E-state index contributed by atoms with van der Waals surface area (Å²) in [6, 6.07) is 7.73. The van der Waals surface area contributed by atoms with Crippen LogP contribution in [0.2, 0.25) is 0 Å². The van der Waals surface area contributed by atoms with Gasteiger partial charge in [0.1, 0.15) is 0 Å². The summed E-state index contributed by atoms with van der Waals surface area (Å²) in [6.45, 7) is 1.21. The van der Waals surface area contributed by atoms with E-state index in [1.807, 2.05) is 24.3 Å². The quantitative estimate of drug-likeness (QED) is 0.812. The SMILES string of the molecule is CS(=O)(=O)N1CCCC(c2cccc(N)c2)C1. The number of hydrogen-bond acceptors (Lipinski definition) is 3. The monoisotopic (exact) mass is 254 g/mol. The average Bonchev–Trinajstić information content (AvgIpc) is 2.28. The van der Waals surface area contributed by atoms with Gasteiger partial charge < -0.3 is 5.73 Å². The molecule has 0 aliphatic carbocycles. The zero-order chi connectivity index (χ0) is 12.5. The Labute approximate surface area is 102 Å². The smallest absolute Gasteiger partial charge is 0.211 e. The maximum absolute atomic E-state index is 11.5. The minimum atomic E-state index is -3.07. The topological polar surface area (TPSA) is 63.4 Å². The van der Waals surface area contributed by atoms with Crippen LogP contribution in [0.25, 0.3) is 0 Å². The number of rotatable bonds is 2. The molecule has 2 N–H and O–H groups in total. The lowest BCUT2D eigenvalue weighted by Crippen LogP contribution is -2.38. The van der Waals surface area contributed by atoms with Crippen molar-refractivity contribution in [3.63, 3.8) is 0 Å². The van der Waals surface area contributed by atoms with Gasteiger partial charge in [-0.2, -0.15) is 0 Å². The second-order valence-corrected chi connectivity index (χ2v) is 6.61. The number of nitrogens with zero attached hydrogens (tertiary/aromatic N) is 1. The van der Waals surface area contributed by atoms with E-state index in [1.54, 1.807) is 4.31 Å². The third kappa shape index (κ3) is 2.98. The van der Waals surface area contributed by atoms with Crippen LogP contribution >= 0.6 is 0 Å². The van der Waals surface area contributed by atoms with Crippen molar-refractivity contribution in [1.29, 1.82) is 0 Å². The molecule has 5 heteroatoms. The number of hydrogen-bond donors (Lipinski definition) is 1. The van der Waals surface area contributed by atoms with Crippen molar-refractivity contribution >= 4 is 15.7 Å². The highest BCUT2D eigenvalue weighted by molar-refractivity contribution is 7.88. The Bertz CT molecular complexity index is 499. The molecule has 1 saturated heterocycles. The van der Waals surface area contributed by atoms with Crippen molar-refractivity contribution in [2.24, 2.45) is 0 Å². The minimum Gasteiger partial charge on any atom is -0.399 e. The first-order valence-electron chi connectivity index (χ1n) is 5.77. The molecule has 4 nitrogen and oxygen atoms in total. The van der Waals surface area contributed by atoms with Crippen molar-refractivity contribution < 1.29 is 8.42 Å². The van der Waals surface area contributed by atoms with Gasteiger partial charge in [-0.05, 0) is 36.5 Å². The highest BCUT2D eigenvalue weighted by Gasteiger charge is 2.26. The van der Waals surface area contributed by atoms with Crippen molar-refractivity contribution in [2.45, 2.75) is 18.8 Å². The van der Waals surface area contributed by atoms with E-state index in [0.29, 0.717) is 13.1 Å². The molecule has 1 fully saturated rings. The molecular formula is C12H18N2O2S. The Morgan fingerprint density at radius 3 is 2.82 bits per heavy atom. The summed E-state index contributed by atoms with van der Waals surface area (Å²) in [5.74, 6) is 0.266. The number of nitrogen functional groups attached to an aromatic ring is 1. The van der Waals surface area contributed by atoms with Crippen LogP contribution < -0.4 is 5.73 Å². The van der Waals surface area contributed by atoms with E-state index in [9.17, 15) is 8.42 Å². The zero-order valence-corrected chi connectivity index (χ0v) is 10.8. The van der Waals surface area contributed by atoms with Gasteiger partial charge in [-0.1, -0.05) is 12.1 Å². The fraction of sp³-hybridized carbons (Fsp3) is 0.500. The summed E-state index contributed by atoms with van der Waals surface area (Å²) < 4.78 is 24.6. The standard InChI is InChI=1S/C12H18N2O2S/c1-17(15,16)14-7-3-5-11(9-14)10-4-2-6-12(13)8-10/h2,4,6,8,11H,3,5,7,9,13H2,1H3. The van der Waals surface area contributed by atoms with Gasteiger partial charge in [0.25, 0.3) is 0 Å². The fourth-order valence-electron chi connectivity index (χ4n) is 2.33. The van der Waals surface area contributed by atoms with E-state index >= 15 is 0 Å². The fourth-order valence-corrected chi connectivity index (χ4v) is 3.24. The first-order chi connectivity index (χ1) is 7.97. The van der Waals surface area contributed by atoms with Gasteiger partial charge in [0.2, 0.25) is 10.0 Å². The molecule has 2 rings (SSSR count). The third-order valence-electron chi connectivity index (χ3n) is 3.24. The molecule has 0 aromatic heterocycles. The molecule has 0 radical (unpaired) electrons. The second kappa shape index (κ2) is 4.66. The molecule has 1 aromatic carbocycles. The Hall–Kier alpha value is -1.07. The second-order valence-electron chi connectivity index (χ2n) is 4.63. The molecule has 1 aliphatic heterocycles. The van der Waals surface area contributed by atoms with E-state index in [0.717, 1.165) is 24.1 Å². The van der Waals surface area contributed by atoms with E-state index in [2.05, 4.69) is 0 Å². The highest BCUT2D eigenvalue weighted by atomic mass is 32.2. The van der Waals surface area contributed by atoms with Crippen LogP contribution in [0.15, 0.2) is 24.3 Å². The van der Waals surface area contributed by atoms with Crippen LogP contribution in [0.1, 0.15) is 24.3 Å². The summed E-state index contributed by atoms with van der Waals surface area (Å²) in [7, 11) is -3.07. The van der Waals surface area contributed by atoms with Crippen molar-refractivity contribution in [1.82, 2.24) is 4.31 Å². The predicted octanol–water partition coefficient (Wildman–Crippen LogP) is 1.41. The first-order valence-corrected chi connectivity index (χ1v) is 7.62. The van der Waals surface area contributed by atoms with Crippen LogP contribution in [0.3, 0.4) is 0 Å². The zero-order valence-electron chi connectivity index (χ0n) is 9.96. The summed E-state index contributed by atoms with van der Waals surface area (Å²) in [4.78, 5) is 0. The molecule has 94 valence electrons. The molecule has 0 spiro atoms. The Morgan fingerprint density at radius 2 is 2.18 bits per heavy atom. The third-order valence-corrected chi connectivity index (χ3v) is 4.50. The molecule has 17 heavy (non-hydrogen) atoms. The van der Waals surface area contributed by atoms with Gasteiger partial charge in [-0.3, -0.25) is 0 Å². The summed E-state index contributed by atoms with van der Waals surface area (Å²) in [5.41, 5.74) is 7.63. The molecule has 1 aromatic rings. The van der Waals surface area contributed by atoms with Crippen LogP contribution in [0.5, 0.6) is 0 Å². The van der Waals surface area contributed by atoms with Crippen LogP contribution in [-0.4, -0.2) is 32.1 Å². The van der Waals surface area contributed by atoms with Crippen molar-refractivity contribution in [2.75, 3.05) is 25.1 Å². The maximum atomic E-state index is 11.5. The van der Waals surface area contributed by atoms with Gasteiger partial charge >= 0.3 is 0 Å². The number of nitrogens with two attached hydrogens (primary N) is 1. The van der Waals surface area contributed by atoms with E-state index < -0.39 is 10.0 Å². The van der Waals surface area contributed by atoms with Crippen molar-refractivity contribution in [3.8, 4) is 0 Å². The number of sulfonamides is 1. The lowest BCUT2D eigenvalue weighted by atomic mass is 9.91. The molecule has 1 aliphatic rings. The summed E-state index contributed by atoms with van der Waals surface area (Å²) in [5, 5.41) is 0. The number of anilines is 1. The summed E-state index contributed by atoms with van der Waals surface area (Å²) in [6.07, 6.45) is 3.21. The van der Waals surface area contributed by atoms with Gasteiger partial charge in [0, 0.05) is 18.8 Å². The molecule has 1 atom stereocenters. The molecule has 1 unspecified atom stereocenters. The first kappa shape index (κ1) is 12.4. The number of benzene rings is 1. The Morgan fingerprint density at radius 1 is 1.41 bits per heavy atom. The maximum Gasteiger partial charge on any atom is 0.211 e. The van der Waals surface area contributed by atoms with Gasteiger partial charge in [-0.15, -0.1) is 0 Å². The normalized spacial score (nSPS) is 22.5. The van der Waals surface area contributed by atoms with Crippen LogP contribution in [-0.2, 0) is 10.0 Å². The van der Waals surface area contributed by atoms with Crippen LogP contribution in [0.4, 0.5) is 5.69 Å². The summed E-state index contributed by atoms with van der Waals surface area (Å²) >= 11 is 0.